The van der Waals surface area contributed by atoms with Crippen molar-refractivity contribution in [2.75, 3.05) is 6.26 Å². The zero-order valence-corrected chi connectivity index (χ0v) is 12.6. The lowest BCUT2D eigenvalue weighted by Crippen LogP contribution is -1.99. The van der Waals surface area contributed by atoms with E-state index in [2.05, 4.69) is 15.9 Å². The van der Waals surface area contributed by atoms with Crippen molar-refractivity contribution in [2.24, 2.45) is 0 Å². The molecule has 0 amide bonds. The van der Waals surface area contributed by atoms with E-state index in [1.54, 1.807) is 30.3 Å². The molecule has 2 nitrogen and oxygen atoms in total. The quantitative estimate of drug-likeness (QED) is 0.796. The second-order valence-electron chi connectivity index (χ2n) is 4.26. The number of sulfone groups is 1. The molecule has 2 rings (SSSR count). The first-order valence-electron chi connectivity index (χ1n) is 5.57. The summed E-state index contributed by atoms with van der Waals surface area (Å²) in [6, 6.07) is 12.8. The van der Waals surface area contributed by atoms with Crippen molar-refractivity contribution in [2.45, 2.75) is 9.72 Å². The molecule has 2 aromatic rings. The van der Waals surface area contributed by atoms with Gasteiger partial charge in [0.15, 0.2) is 9.84 Å². The van der Waals surface area contributed by atoms with Gasteiger partial charge in [-0.1, -0.05) is 40.2 Å². The van der Waals surface area contributed by atoms with Crippen LogP contribution in [0.2, 0.25) is 0 Å². The first-order valence-corrected chi connectivity index (χ1v) is 8.38. The monoisotopic (exact) mass is 342 g/mol. The summed E-state index contributed by atoms with van der Waals surface area (Å²) in [6.45, 7) is 0. The van der Waals surface area contributed by atoms with Gasteiger partial charge in [0.2, 0.25) is 0 Å². The fourth-order valence-corrected chi connectivity index (χ4v) is 2.99. The fraction of sp³-hybridized carbons (Fsp3) is 0.143. The summed E-state index contributed by atoms with van der Waals surface area (Å²) in [4.78, 5) is 0.103. The lowest BCUT2D eigenvalue weighted by atomic mass is 10.1. The highest BCUT2D eigenvalue weighted by Crippen LogP contribution is 2.31. The van der Waals surface area contributed by atoms with E-state index in [0.29, 0.717) is 0 Å². The molecule has 0 saturated heterocycles. The molecule has 2 aromatic carbocycles. The van der Waals surface area contributed by atoms with Crippen LogP contribution in [0.5, 0.6) is 0 Å². The molecule has 100 valence electrons. The Morgan fingerprint density at radius 2 is 1.68 bits per heavy atom. The molecule has 1 atom stereocenters. The van der Waals surface area contributed by atoms with Gasteiger partial charge in [0.05, 0.1) is 9.72 Å². The summed E-state index contributed by atoms with van der Waals surface area (Å²) in [7, 11) is -3.23. The number of rotatable bonds is 3. The molecule has 0 aliphatic heterocycles. The van der Waals surface area contributed by atoms with E-state index < -0.39 is 9.84 Å². The van der Waals surface area contributed by atoms with Crippen LogP contribution < -0.4 is 0 Å². The van der Waals surface area contributed by atoms with Gasteiger partial charge in [-0.05, 0) is 35.4 Å². The van der Waals surface area contributed by atoms with E-state index >= 15 is 0 Å². The Balaban J connectivity index is 2.39. The van der Waals surface area contributed by atoms with Crippen LogP contribution >= 0.6 is 15.9 Å². The summed E-state index contributed by atoms with van der Waals surface area (Å²) < 4.78 is 35.9. The van der Waals surface area contributed by atoms with Gasteiger partial charge in [-0.15, -0.1) is 0 Å². The highest BCUT2D eigenvalue weighted by atomic mass is 79.9. The van der Waals surface area contributed by atoms with E-state index in [1.165, 1.54) is 18.4 Å². The highest BCUT2D eigenvalue weighted by Gasteiger charge is 2.13. The largest absolute Gasteiger partial charge is 0.224 e. The summed E-state index contributed by atoms with van der Waals surface area (Å²) >= 11 is 3.50. The van der Waals surface area contributed by atoms with Crippen LogP contribution in [-0.4, -0.2) is 14.7 Å². The van der Waals surface area contributed by atoms with Gasteiger partial charge in [-0.25, -0.2) is 12.8 Å². The number of hydrogen-bond donors (Lipinski definition) is 0. The minimum Gasteiger partial charge on any atom is -0.224 e. The molecule has 0 spiro atoms. The van der Waals surface area contributed by atoms with Crippen molar-refractivity contribution >= 4 is 25.8 Å². The molecule has 0 aliphatic rings. The van der Waals surface area contributed by atoms with Crippen molar-refractivity contribution < 1.29 is 12.8 Å². The van der Waals surface area contributed by atoms with E-state index in [0.717, 1.165) is 11.1 Å². The second kappa shape index (κ2) is 5.43. The fourth-order valence-electron chi connectivity index (χ4n) is 1.73. The second-order valence-corrected chi connectivity index (χ2v) is 7.19. The Hall–Kier alpha value is -1.20. The van der Waals surface area contributed by atoms with Crippen LogP contribution in [0.15, 0.2) is 53.4 Å². The van der Waals surface area contributed by atoms with Gasteiger partial charge >= 0.3 is 0 Å². The Morgan fingerprint density at radius 1 is 1.05 bits per heavy atom. The van der Waals surface area contributed by atoms with Crippen LogP contribution in [0, 0.1) is 5.82 Å². The zero-order valence-electron chi connectivity index (χ0n) is 10.2. The van der Waals surface area contributed by atoms with E-state index in [1.807, 2.05) is 6.07 Å². The molecule has 0 N–H and O–H groups in total. The van der Waals surface area contributed by atoms with Crippen LogP contribution in [0.25, 0.3) is 0 Å². The first kappa shape index (κ1) is 14.2. The molecule has 0 aliphatic carbocycles. The van der Waals surface area contributed by atoms with Crippen LogP contribution in [0.1, 0.15) is 16.0 Å². The molecule has 0 bridgehead atoms. The minimum absolute atomic E-state index is 0.171. The number of hydrogen-bond acceptors (Lipinski definition) is 2. The highest BCUT2D eigenvalue weighted by molar-refractivity contribution is 9.09. The van der Waals surface area contributed by atoms with Gasteiger partial charge in [-0.2, -0.15) is 0 Å². The molecule has 1 unspecified atom stereocenters. The minimum atomic E-state index is -3.23. The molecular formula is C14H12BrFO2S. The van der Waals surface area contributed by atoms with Crippen LogP contribution in [0.3, 0.4) is 0 Å². The Bertz CT molecular complexity index is 681. The third kappa shape index (κ3) is 3.42. The smallest absolute Gasteiger partial charge is 0.175 e. The molecule has 0 heterocycles. The summed E-state index contributed by atoms with van der Waals surface area (Å²) in [5, 5.41) is 0. The third-order valence-corrected chi connectivity index (χ3v) is 4.91. The average molecular weight is 343 g/mol. The van der Waals surface area contributed by atoms with Crippen molar-refractivity contribution in [3.63, 3.8) is 0 Å². The normalized spacial score (nSPS) is 13.2. The van der Waals surface area contributed by atoms with Gasteiger partial charge in [0, 0.05) is 6.26 Å². The molecule has 5 heteroatoms. The predicted octanol–water partition coefficient (Wildman–Crippen LogP) is 3.71. The number of alkyl halides is 1. The van der Waals surface area contributed by atoms with Gasteiger partial charge in [0.1, 0.15) is 5.82 Å². The van der Waals surface area contributed by atoms with Gasteiger partial charge in [0.25, 0.3) is 0 Å². The molecule has 0 saturated carbocycles. The topological polar surface area (TPSA) is 34.1 Å². The van der Waals surface area contributed by atoms with Crippen molar-refractivity contribution in [3.05, 3.63) is 65.5 Å². The molecular weight excluding hydrogens is 331 g/mol. The molecule has 0 radical (unpaired) electrons. The van der Waals surface area contributed by atoms with Crippen molar-refractivity contribution in [1.82, 2.24) is 0 Å². The van der Waals surface area contributed by atoms with Crippen molar-refractivity contribution in [1.29, 1.82) is 0 Å². The summed E-state index contributed by atoms with van der Waals surface area (Å²) in [6.07, 6.45) is 1.17. The maximum atomic E-state index is 12.9. The van der Waals surface area contributed by atoms with Crippen LogP contribution in [0.4, 0.5) is 4.39 Å². The lowest BCUT2D eigenvalue weighted by Gasteiger charge is -2.11. The maximum absolute atomic E-state index is 12.9. The zero-order chi connectivity index (χ0) is 14.0. The number of benzene rings is 2. The maximum Gasteiger partial charge on any atom is 0.175 e. The summed E-state index contributed by atoms with van der Waals surface area (Å²) in [5.74, 6) is -0.298. The Morgan fingerprint density at radius 3 is 2.26 bits per heavy atom. The lowest BCUT2D eigenvalue weighted by molar-refractivity contribution is 0.601. The van der Waals surface area contributed by atoms with E-state index in [9.17, 15) is 12.8 Å². The number of halogens is 2. The third-order valence-electron chi connectivity index (χ3n) is 2.74. The van der Waals surface area contributed by atoms with Crippen LogP contribution in [-0.2, 0) is 9.84 Å². The molecule has 0 aromatic heterocycles. The van der Waals surface area contributed by atoms with Gasteiger partial charge in [-0.3, -0.25) is 0 Å². The molecule has 0 fully saturated rings. The van der Waals surface area contributed by atoms with E-state index in [-0.39, 0.29) is 15.5 Å². The average Bonchev–Trinajstić information content (AvgIpc) is 2.38. The first-order chi connectivity index (χ1) is 8.88. The predicted molar refractivity (Wildman–Crippen MR) is 76.7 cm³/mol. The van der Waals surface area contributed by atoms with Crippen molar-refractivity contribution in [3.8, 4) is 0 Å². The Kier molecular flexibility index (Phi) is 4.06. The summed E-state index contributed by atoms with van der Waals surface area (Å²) in [5.41, 5.74) is 1.68. The van der Waals surface area contributed by atoms with Gasteiger partial charge < -0.3 is 0 Å². The standard InChI is InChI=1S/C14H12BrFO2S/c1-19(17,18)13-4-2-3-11(9-13)14(15)10-5-7-12(16)8-6-10/h2-9,14H,1H3. The molecule has 19 heavy (non-hydrogen) atoms. The SMILES string of the molecule is CS(=O)(=O)c1cccc(C(Br)c2ccc(F)cc2)c1. The van der Waals surface area contributed by atoms with E-state index in [4.69, 9.17) is 0 Å². The Labute approximate surface area is 120 Å².